The van der Waals surface area contributed by atoms with Crippen molar-refractivity contribution in [3.63, 3.8) is 0 Å². The van der Waals surface area contributed by atoms with Crippen LogP contribution in [-0.2, 0) is 7.05 Å². The summed E-state index contributed by atoms with van der Waals surface area (Å²) in [5.41, 5.74) is 3.05. The molecule has 1 N–H and O–H groups in total. The van der Waals surface area contributed by atoms with E-state index >= 15 is 0 Å². The summed E-state index contributed by atoms with van der Waals surface area (Å²) < 4.78 is 1.75. The number of pyridine rings is 1. The van der Waals surface area contributed by atoms with E-state index in [1.807, 2.05) is 37.6 Å². The fourth-order valence-corrected chi connectivity index (χ4v) is 4.31. The van der Waals surface area contributed by atoms with Crippen molar-refractivity contribution in [1.82, 2.24) is 25.0 Å². The van der Waals surface area contributed by atoms with E-state index in [-0.39, 0.29) is 5.91 Å². The first-order valence-electron chi connectivity index (χ1n) is 9.49. The molecule has 0 saturated heterocycles. The molecule has 0 spiro atoms. The monoisotopic (exact) mass is 383 g/mol. The van der Waals surface area contributed by atoms with E-state index in [1.54, 1.807) is 16.0 Å². The van der Waals surface area contributed by atoms with Crippen LogP contribution < -0.4 is 5.32 Å². The van der Waals surface area contributed by atoms with Gasteiger partial charge in [0.05, 0.1) is 27.2 Å². The Morgan fingerprint density at radius 3 is 2.93 bits per heavy atom. The lowest BCUT2D eigenvalue weighted by Gasteiger charge is -2.19. The van der Waals surface area contributed by atoms with E-state index in [2.05, 4.69) is 22.2 Å². The van der Waals surface area contributed by atoms with Gasteiger partial charge in [-0.05, 0) is 43.8 Å². The number of amides is 1. The number of fused-ring (bicyclic) bond motifs is 1. The van der Waals surface area contributed by atoms with Crippen molar-refractivity contribution >= 4 is 28.3 Å². The Balaban J connectivity index is 1.61. The minimum atomic E-state index is -0.0526. The smallest absolute Gasteiger partial charge is 0.252 e. The molecule has 4 rings (SSSR count). The minimum Gasteiger partial charge on any atom is -0.351 e. The summed E-state index contributed by atoms with van der Waals surface area (Å²) in [7, 11) is 1.87. The molecular weight excluding hydrogens is 358 g/mol. The zero-order valence-corrected chi connectivity index (χ0v) is 16.8. The Kier molecular flexibility index (Phi) is 4.97. The first-order chi connectivity index (χ1) is 13.1. The molecule has 6 nitrogen and oxygen atoms in total. The summed E-state index contributed by atoms with van der Waals surface area (Å²) in [6, 6.07) is 6.64. The Morgan fingerprint density at radius 2 is 2.26 bits per heavy atom. The van der Waals surface area contributed by atoms with Gasteiger partial charge in [0.15, 0.2) is 5.65 Å². The van der Waals surface area contributed by atoms with Crippen LogP contribution in [0.1, 0.15) is 35.8 Å². The van der Waals surface area contributed by atoms with Crippen LogP contribution in [0.5, 0.6) is 0 Å². The second-order valence-electron chi connectivity index (χ2n) is 7.06. The predicted molar refractivity (Wildman–Crippen MR) is 109 cm³/mol. The van der Waals surface area contributed by atoms with Crippen molar-refractivity contribution in [2.24, 2.45) is 7.05 Å². The normalized spacial score (nSPS) is 14.2. The first-order valence-corrected chi connectivity index (χ1v) is 10.4. The van der Waals surface area contributed by atoms with Gasteiger partial charge in [-0.2, -0.15) is 5.10 Å². The summed E-state index contributed by atoms with van der Waals surface area (Å²) in [5.74, 6) is -0.0526. The lowest BCUT2D eigenvalue weighted by Crippen LogP contribution is -2.36. The van der Waals surface area contributed by atoms with Gasteiger partial charge in [0, 0.05) is 26.2 Å². The van der Waals surface area contributed by atoms with E-state index in [4.69, 9.17) is 4.98 Å². The molecule has 7 heteroatoms. The molecule has 1 amide bonds. The van der Waals surface area contributed by atoms with Gasteiger partial charge in [-0.15, -0.1) is 11.3 Å². The average molecular weight is 384 g/mol. The molecule has 0 atom stereocenters. The summed E-state index contributed by atoms with van der Waals surface area (Å²) in [5, 5.41) is 10.4. The van der Waals surface area contributed by atoms with Crippen molar-refractivity contribution in [3.8, 4) is 10.6 Å². The number of nitrogens with one attached hydrogen (secondary N) is 1. The lowest BCUT2D eigenvalue weighted by molar-refractivity contribution is 0.0949. The van der Waals surface area contributed by atoms with Gasteiger partial charge < -0.3 is 5.32 Å². The number of carbonyl (C=O) groups is 1. The maximum absolute atomic E-state index is 13.0. The van der Waals surface area contributed by atoms with E-state index in [1.165, 1.54) is 12.8 Å². The third kappa shape index (κ3) is 3.61. The molecule has 0 aromatic carbocycles. The lowest BCUT2D eigenvalue weighted by atomic mass is 10.1. The molecular formula is C20H25N5OS. The van der Waals surface area contributed by atoms with Gasteiger partial charge in [-0.3, -0.25) is 14.4 Å². The number of rotatable bonds is 7. The SMILES string of the molecule is CCN(CCNC(=O)c1cc(-c2cccs2)nc2c1c(C)nn2C)C1CC1. The molecule has 3 aromatic heterocycles. The number of hydrogen-bond acceptors (Lipinski definition) is 5. The molecule has 27 heavy (non-hydrogen) atoms. The number of aromatic nitrogens is 3. The topological polar surface area (TPSA) is 63.1 Å². The molecule has 1 aliphatic carbocycles. The first kappa shape index (κ1) is 18.1. The number of nitrogens with zero attached hydrogens (tertiary/aromatic N) is 4. The fourth-order valence-electron chi connectivity index (χ4n) is 3.62. The molecule has 0 aliphatic heterocycles. The second-order valence-corrected chi connectivity index (χ2v) is 8.00. The van der Waals surface area contributed by atoms with Crippen LogP contribution >= 0.6 is 11.3 Å². The maximum Gasteiger partial charge on any atom is 0.252 e. The van der Waals surface area contributed by atoms with Crippen molar-refractivity contribution in [2.75, 3.05) is 19.6 Å². The van der Waals surface area contributed by atoms with Gasteiger partial charge in [0.2, 0.25) is 0 Å². The van der Waals surface area contributed by atoms with Crippen molar-refractivity contribution in [2.45, 2.75) is 32.7 Å². The summed E-state index contributed by atoms with van der Waals surface area (Å²) >= 11 is 1.62. The Bertz CT molecular complexity index is 959. The van der Waals surface area contributed by atoms with Gasteiger partial charge in [0.25, 0.3) is 5.91 Å². The van der Waals surface area contributed by atoms with Crippen molar-refractivity contribution in [1.29, 1.82) is 0 Å². The predicted octanol–water partition coefficient (Wildman–Crippen LogP) is 3.22. The molecule has 1 saturated carbocycles. The van der Waals surface area contributed by atoms with Crippen molar-refractivity contribution in [3.05, 3.63) is 34.8 Å². The number of thiophene rings is 1. The van der Waals surface area contributed by atoms with Gasteiger partial charge >= 0.3 is 0 Å². The van der Waals surface area contributed by atoms with Crippen LogP contribution in [0.4, 0.5) is 0 Å². The highest BCUT2D eigenvalue weighted by Gasteiger charge is 2.27. The summed E-state index contributed by atoms with van der Waals surface area (Å²) in [4.78, 5) is 21.3. The van der Waals surface area contributed by atoms with Crippen LogP contribution in [0, 0.1) is 6.92 Å². The van der Waals surface area contributed by atoms with Gasteiger partial charge in [-0.1, -0.05) is 13.0 Å². The van der Waals surface area contributed by atoms with Crippen molar-refractivity contribution < 1.29 is 4.79 Å². The Labute approximate surface area is 163 Å². The average Bonchev–Trinajstić information content (AvgIpc) is 3.27. The Morgan fingerprint density at radius 1 is 1.44 bits per heavy atom. The standard InChI is InChI=1S/C20H25N5OS/c1-4-25(14-7-8-14)10-9-21-20(26)15-12-16(17-6-5-11-27-17)22-19-18(15)13(2)23-24(19)3/h5-6,11-12,14H,4,7-10H2,1-3H3,(H,21,26). The molecule has 142 valence electrons. The third-order valence-electron chi connectivity index (χ3n) is 5.14. The summed E-state index contributed by atoms with van der Waals surface area (Å²) in [6.45, 7) is 6.69. The number of hydrogen-bond donors (Lipinski definition) is 1. The molecule has 3 aromatic rings. The molecule has 0 bridgehead atoms. The highest BCUT2D eigenvalue weighted by atomic mass is 32.1. The van der Waals surface area contributed by atoms with Gasteiger partial charge in [0.1, 0.15) is 0 Å². The fraction of sp³-hybridized carbons (Fsp3) is 0.450. The van der Waals surface area contributed by atoms with E-state index in [0.717, 1.165) is 40.4 Å². The molecule has 0 unspecified atom stereocenters. The quantitative estimate of drug-likeness (QED) is 0.680. The number of aryl methyl sites for hydroxylation is 2. The van der Waals surface area contributed by atoms with Crippen LogP contribution in [0.15, 0.2) is 23.6 Å². The van der Waals surface area contributed by atoms with E-state index < -0.39 is 0 Å². The van der Waals surface area contributed by atoms with E-state index in [9.17, 15) is 4.79 Å². The molecule has 1 aliphatic rings. The Hall–Kier alpha value is -2.25. The van der Waals surface area contributed by atoms with E-state index in [0.29, 0.717) is 18.2 Å². The molecule has 0 radical (unpaired) electrons. The van der Waals surface area contributed by atoms with Crippen LogP contribution in [0.25, 0.3) is 21.6 Å². The largest absolute Gasteiger partial charge is 0.351 e. The second kappa shape index (κ2) is 7.40. The third-order valence-corrected chi connectivity index (χ3v) is 6.03. The zero-order valence-electron chi connectivity index (χ0n) is 16.0. The summed E-state index contributed by atoms with van der Waals surface area (Å²) in [6.07, 6.45) is 2.57. The molecule has 1 fully saturated rings. The van der Waals surface area contributed by atoms with Crippen LogP contribution in [0.3, 0.4) is 0 Å². The van der Waals surface area contributed by atoms with Crippen LogP contribution in [0.2, 0.25) is 0 Å². The van der Waals surface area contributed by atoms with Gasteiger partial charge in [-0.25, -0.2) is 4.98 Å². The highest BCUT2D eigenvalue weighted by molar-refractivity contribution is 7.13. The number of carbonyl (C=O) groups excluding carboxylic acids is 1. The number of likely N-dealkylation sites (N-methyl/N-ethyl adjacent to an activating group) is 1. The highest BCUT2D eigenvalue weighted by Crippen LogP contribution is 2.29. The van der Waals surface area contributed by atoms with Crippen LogP contribution in [-0.4, -0.2) is 51.2 Å². The zero-order chi connectivity index (χ0) is 19.0. The maximum atomic E-state index is 13.0. The molecule has 3 heterocycles. The minimum absolute atomic E-state index is 0.0526.